The molecule has 1 heterocycles. The summed E-state index contributed by atoms with van der Waals surface area (Å²) >= 11 is 0. The van der Waals surface area contributed by atoms with Crippen molar-refractivity contribution in [2.45, 2.75) is 77.7 Å². The van der Waals surface area contributed by atoms with E-state index < -0.39 is 6.61 Å². The molecule has 3 aromatic rings. The van der Waals surface area contributed by atoms with Crippen LogP contribution in [0.25, 0.3) is 22.1 Å². The highest BCUT2D eigenvalue weighted by Gasteiger charge is 2.11. The van der Waals surface area contributed by atoms with Crippen LogP contribution in [0.3, 0.4) is 0 Å². The smallest absolute Gasteiger partial charge is 0.387 e. The molecule has 0 N–H and O–H groups in total. The van der Waals surface area contributed by atoms with Gasteiger partial charge in [-0.15, -0.1) is 0 Å². The maximum atomic E-state index is 12.9. The fourth-order valence-corrected chi connectivity index (χ4v) is 3.99. The van der Waals surface area contributed by atoms with Crippen molar-refractivity contribution in [1.82, 2.24) is 0 Å². The van der Waals surface area contributed by atoms with Crippen LogP contribution < -0.4 is 14.9 Å². The lowest BCUT2D eigenvalue weighted by Crippen LogP contribution is -2.05. The van der Waals surface area contributed by atoms with Crippen molar-refractivity contribution in [3.05, 3.63) is 59.0 Å². The zero-order valence-corrected chi connectivity index (χ0v) is 19.9. The first-order valence-electron chi connectivity index (χ1n) is 12.3. The minimum absolute atomic E-state index is 0.0353. The van der Waals surface area contributed by atoms with E-state index >= 15 is 0 Å². The van der Waals surface area contributed by atoms with E-state index in [1.165, 1.54) is 69.8 Å². The van der Waals surface area contributed by atoms with E-state index in [4.69, 9.17) is 9.15 Å². The second kappa shape index (κ2) is 13.7. The highest BCUT2D eigenvalue weighted by Crippen LogP contribution is 2.25. The highest BCUT2D eigenvalue weighted by molar-refractivity contribution is 5.82. The van der Waals surface area contributed by atoms with Gasteiger partial charge in [0.1, 0.15) is 23.3 Å². The number of ether oxygens (including phenoxy) is 2. The zero-order chi connectivity index (χ0) is 24.2. The highest BCUT2D eigenvalue weighted by atomic mass is 19.3. The second-order valence-corrected chi connectivity index (χ2v) is 8.57. The Labute approximate surface area is 199 Å². The molecule has 0 saturated heterocycles. The normalized spacial score (nSPS) is 11.3. The van der Waals surface area contributed by atoms with Gasteiger partial charge >= 0.3 is 6.61 Å². The molecule has 0 aliphatic heterocycles. The van der Waals surface area contributed by atoms with Crippen molar-refractivity contribution in [2.24, 2.45) is 0 Å². The van der Waals surface area contributed by atoms with Crippen molar-refractivity contribution < 1.29 is 22.7 Å². The van der Waals surface area contributed by atoms with E-state index in [0.717, 1.165) is 12.8 Å². The maximum Gasteiger partial charge on any atom is 0.387 e. The van der Waals surface area contributed by atoms with Crippen LogP contribution in [-0.4, -0.2) is 13.2 Å². The molecule has 0 radical (unpaired) electrons. The summed E-state index contributed by atoms with van der Waals surface area (Å²) in [6.07, 6.45) is 14.1. The molecule has 0 bridgehead atoms. The lowest BCUT2D eigenvalue weighted by atomic mass is 10.1. The van der Waals surface area contributed by atoms with Crippen molar-refractivity contribution in [3.63, 3.8) is 0 Å². The second-order valence-electron chi connectivity index (χ2n) is 8.57. The predicted molar refractivity (Wildman–Crippen MR) is 132 cm³/mol. The molecule has 34 heavy (non-hydrogen) atoms. The van der Waals surface area contributed by atoms with Crippen molar-refractivity contribution >= 4 is 11.0 Å². The summed E-state index contributed by atoms with van der Waals surface area (Å²) in [6, 6.07) is 11.1. The first-order chi connectivity index (χ1) is 16.6. The number of hydrogen-bond donors (Lipinski definition) is 0. The van der Waals surface area contributed by atoms with E-state index in [9.17, 15) is 13.6 Å². The molecule has 0 spiro atoms. The monoisotopic (exact) mass is 472 g/mol. The first-order valence-corrected chi connectivity index (χ1v) is 12.3. The van der Waals surface area contributed by atoms with Gasteiger partial charge in [-0.2, -0.15) is 8.78 Å². The zero-order valence-electron chi connectivity index (χ0n) is 19.9. The minimum Gasteiger partial charge on any atom is -0.493 e. The molecule has 0 atom stereocenters. The molecule has 6 heteroatoms. The molecule has 0 aliphatic carbocycles. The van der Waals surface area contributed by atoms with Gasteiger partial charge < -0.3 is 13.9 Å². The van der Waals surface area contributed by atoms with Crippen LogP contribution in [0.1, 0.15) is 71.1 Å². The van der Waals surface area contributed by atoms with Gasteiger partial charge in [-0.25, -0.2) is 0 Å². The van der Waals surface area contributed by atoms with E-state index in [2.05, 4.69) is 11.7 Å². The average Bonchev–Trinajstić information content (AvgIpc) is 2.83. The van der Waals surface area contributed by atoms with Crippen molar-refractivity contribution in [1.29, 1.82) is 0 Å². The number of benzene rings is 2. The van der Waals surface area contributed by atoms with Crippen LogP contribution in [0, 0.1) is 0 Å². The summed E-state index contributed by atoms with van der Waals surface area (Å²) in [5.74, 6) is 0.709. The molecule has 184 valence electrons. The SMILES string of the molecule is CCCCCCCCCCCCOc1ccc2c(=O)c(-c3ccc(OC(F)F)cc3)coc2c1. The van der Waals surface area contributed by atoms with Crippen LogP contribution in [0.2, 0.25) is 0 Å². The van der Waals surface area contributed by atoms with Gasteiger partial charge in [0.2, 0.25) is 0 Å². The minimum atomic E-state index is -2.89. The lowest BCUT2D eigenvalue weighted by Gasteiger charge is -2.08. The summed E-state index contributed by atoms with van der Waals surface area (Å²) in [5.41, 5.74) is 1.19. The van der Waals surface area contributed by atoms with Gasteiger partial charge in [0, 0.05) is 6.07 Å². The van der Waals surface area contributed by atoms with Crippen LogP contribution in [0.5, 0.6) is 11.5 Å². The quantitative estimate of drug-likeness (QED) is 0.209. The molecule has 4 nitrogen and oxygen atoms in total. The molecule has 0 aliphatic rings. The molecular weight excluding hydrogens is 438 g/mol. The third kappa shape index (κ3) is 7.86. The van der Waals surface area contributed by atoms with Gasteiger partial charge in [0.05, 0.1) is 17.6 Å². The van der Waals surface area contributed by atoms with Gasteiger partial charge in [-0.3, -0.25) is 4.79 Å². The fourth-order valence-electron chi connectivity index (χ4n) is 3.99. The Hall–Kier alpha value is -2.89. The Morgan fingerprint density at radius 2 is 1.44 bits per heavy atom. The number of fused-ring (bicyclic) bond motifs is 1. The summed E-state index contributed by atoms with van der Waals surface area (Å²) in [4.78, 5) is 12.9. The van der Waals surface area contributed by atoms with E-state index in [1.807, 2.05) is 0 Å². The number of halogens is 2. The largest absolute Gasteiger partial charge is 0.493 e. The van der Waals surface area contributed by atoms with Crippen molar-refractivity contribution in [3.8, 4) is 22.6 Å². The first kappa shape index (κ1) is 25.7. The maximum absolute atomic E-state index is 12.9. The van der Waals surface area contributed by atoms with E-state index in [-0.39, 0.29) is 11.2 Å². The topological polar surface area (TPSA) is 48.7 Å². The molecule has 3 rings (SSSR count). The van der Waals surface area contributed by atoms with E-state index in [1.54, 1.807) is 30.3 Å². The third-order valence-electron chi connectivity index (χ3n) is 5.90. The molecule has 2 aromatic carbocycles. The number of alkyl halides is 2. The average molecular weight is 473 g/mol. The Morgan fingerprint density at radius 3 is 2.09 bits per heavy atom. The summed E-state index contributed by atoms with van der Waals surface area (Å²) in [7, 11) is 0. The molecule has 0 amide bonds. The van der Waals surface area contributed by atoms with Gasteiger partial charge in [-0.1, -0.05) is 76.8 Å². The van der Waals surface area contributed by atoms with Crippen molar-refractivity contribution in [2.75, 3.05) is 6.61 Å². The Bertz CT molecular complexity index is 1060. The number of hydrogen-bond acceptors (Lipinski definition) is 4. The number of rotatable bonds is 15. The molecule has 1 aromatic heterocycles. The van der Waals surface area contributed by atoms with Crippen LogP contribution in [-0.2, 0) is 0 Å². The standard InChI is InChI=1S/C28H34F2O4/c1-2-3-4-5-6-7-8-9-10-11-18-32-23-16-17-24-26(19-23)33-20-25(27(24)31)21-12-14-22(15-13-21)34-28(29)30/h12-17,19-20,28H,2-11,18H2,1H3. The van der Waals surface area contributed by atoms with Gasteiger partial charge in [0.15, 0.2) is 5.43 Å². The lowest BCUT2D eigenvalue weighted by molar-refractivity contribution is -0.0498. The van der Waals surface area contributed by atoms with Crippen LogP contribution >= 0.6 is 0 Å². The number of unbranched alkanes of at least 4 members (excludes halogenated alkanes) is 9. The van der Waals surface area contributed by atoms with Gasteiger partial charge in [0.25, 0.3) is 0 Å². The molecular formula is C28H34F2O4. The molecule has 0 unspecified atom stereocenters. The van der Waals surface area contributed by atoms with Gasteiger partial charge in [-0.05, 0) is 36.2 Å². The Kier molecular flexibility index (Phi) is 10.4. The van der Waals surface area contributed by atoms with Crippen LogP contribution in [0.4, 0.5) is 8.78 Å². The van der Waals surface area contributed by atoms with E-state index in [0.29, 0.717) is 34.5 Å². The summed E-state index contributed by atoms with van der Waals surface area (Å²) in [5, 5.41) is 0.441. The summed E-state index contributed by atoms with van der Waals surface area (Å²) < 4.78 is 40.5. The summed E-state index contributed by atoms with van der Waals surface area (Å²) in [6.45, 7) is -0.0115. The Morgan fingerprint density at radius 1 is 0.824 bits per heavy atom. The molecule has 0 saturated carbocycles. The Balaban J connectivity index is 1.47. The fraction of sp³-hybridized carbons (Fsp3) is 0.464. The predicted octanol–water partition coefficient (Wildman–Crippen LogP) is 8.36. The molecule has 0 fully saturated rings. The third-order valence-corrected chi connectivity index (χ3v) is 5.90. The van der Waals surface area contributed by atoms with Crippen LogP contribution in [0.15, 0.2) is 57.9 Å².